The van der Waals surface area contributed by atoms with Gasteiger partial charge in [-0.15, -0.1) is 0 Å². The van der Waals surface area contributed by atoms with Gasteiger partial charge in [0.1, 0.15) is 0 Å². The first kappa shape index (κ1) is 10.8. The SMILES string of the molecule is Brc1ccc2c(c1)C(C1CCCN1)CCC2. The topological polar surface area (TPSA) is 12.0 Å². The highest BCUT2D eigenvalue weighted by Gasteiger charge is 2.29. The van der Waals surface area contributed by atoms with Crippen LogP contribution in [0.25, 0.3) is 0 Å². The summed E-state index contributed by atoms with van der Waals surface area (Å²) in [6.45, 7) is 1.21. The van der Waals surface area contributed by atoms with E-state index >= 15 is 0 Å². The molecule has 2 atom stereocenters. The van der Waals surface area contributed by atoms with E-state index in [1.807, 2.05) is 0 Å². The van der Waals surface area contributed by atoms with E-state index in [1.54, 1.807) is 11.1 Å². The number of halogens is 1. The predicted molar refractivity (Wildman–Crippen MR) is 70.8 cm³/mol. The lowest BCUT2D eigenvalue weighted by atomic mass is 9.78. The van der Waals surface area contributed by atoms with E-state index in [2.05, 4.69) is 39.4 Å². The van der Waals surface area contributed by atoms with Gasteiger partial charge in [-0.3, -0.25) is 0 Å². The van der Waals surface area contributed by atoms with E-state index in [4.69, 9.17) is 0 Å². The van der Waals surface area contributed by atoms with Crippen LogP contribution < -0.4 is 5.32 Å². The molecule has 2 aliphatic rings. The van der Waals surface area contributed by atoms with Crippen LogP contribution in [-0.2, 0) is 6.42 Å². The van der Waals surface area contributed by atoms with Gasteiger partial charge in [-0.2, -0.15) is 0 Å². The standard InChI is InChI=1S/C14H18BrN/c15-11-7-6-10-3-1-4-12(13(10)9-11)14-5-2-8-16-14/h6-7,9,12,14,16H,1-5,8H2. The molecule has 0 amide bonds. The molecule has 2 unspecified atom stereocenters. The average Bonchev–Trinajstić information content (AvgIpc) is 2.81. The Morgan fingerprint density at radius 3 is 2.94 bits per heavy atom. The van der Waals surface area contributed by atoms with Crippen LogP contribution in [0.4, 0.5) is 0 Å². The van der Waals surface area contributed by atoms with Crippen molar-refractivity contribution < 1.29 is 0 Å². The molecular formula is C14H18BrN. The molecule has 0 saturated carbocycles. The molecule has 1 aliphatic heterocycles. The van der Waals surface area contributed by atoms with Crippen molar-refractivity contribution in [2.75, 3.05) is 6.54 Å². The van der Waals surface area contributed by atoms with E-state index < -0.39 is 0 Å². The maximum absolute atomic E-state index is 3.67. The summed E-state index contributed by atoms with van der Waals surface area (Å²) < 4.78 is 1.23. The third-order valence-electron chi connectivity index (χ3n) is 4.05. The molecule has 3 rings (SSSR count). The third kappa shape index (κ3) is 1.93. The van der Waals surface area contributed by atoms with E-state index in [-0.39, 0.29) is 0 Å². The molecule has 0 spiro atoms. The summed E-state index contributed by atoms with van der Waals surface area (Å²) in [5.41, 5.74) is 3.17. The average molecular weight is 280 g/mol. The van der Waals surface area contributed by atoms with Gasteiger partial charge in [0.25, 0.3) is 0 Å². The van der Waals surface area contributed by atoms with Crippen molar-refractivity contribution in [2.45, 2.75) is 44.1 Å². The second-order valence-electron chi connectivity index (χ2n) is 5.04. The Balaban J connectivity index is 1.94. The quantitative estimate of drug-likeness (QED) is 0.828. The fourth-order valence-corrected chi connectivity index (χ4v) is 3.66. The zero-order valence-corrected chi connectivity index (χ0v) is 11.1. The molecule has 1 aliphatic carbocycles. The Hall–Kier alpha value is -0.340. The molecule has 1 heterocycles. The molecule has 1 N–H and O–H groups in total. The predicted octanol–water partition coefficient (Wildman–Crippen LogP) is 3.62. The molecule has 0 bridgehead atoms. The molecule has 1 fully saturated rings. The van der Waals surface area contributed by atoms with Crippen LogP contribution >= 0.6 is 15.9 Å². The van der Waals surface area contributed by atoms with E-state index in [0.717, 1.165) is 12.0 Å². The monoisotopic (exact) mass is 279 g/mol. The Kier molecular flexibility index (Phi) is 3.03. The van der Waals surface area contributed by atoms with Crippen LogP contribution in [0.5, 0.6) is 0 Å². The molecule has 16 heavy (non-hydrogen) atoms. The van der Waals surface area contributed by atoms with E-state index in [9.17, 15) is 0 Å². The fraction of sp³-hybridized carbons (Fsp3) is 0.571. The van der Waals surface area contributed by atoms with Crippen molar-refractivity contribution in [2.24, 2.45) is 0 Å². The second-order valence-corrected chi connectivity index (χ2v) is 5.96. The van der Waals surface area contributed by atoms with Gasteiger partial charge in [-0.05, 0) is 67.8 Å². The minimum atomic E-state index is 0.730. The van der Waals surface area contributed by atoms with Gasteiger partial charge in [0, 0.05) is 10.5 Å². The van der Waals surface area contributed by atoms with Gasteiger partial charge in [0.15, 0.2) is 0 Å². The summed E-state index contributed by atoms with van der Waals surface area (Å²) in [7, 11) is 0. The first-order valence-corrected chi connectivity index (χ1v) is 7.15. The third-order valence-corrected chi connectivity index (χ3v) is 4.55. The number of rotatable bonds is 1. The number of hydrogen-bond donors (Lipinski definition) is 1. The molecule has 1 aromatic rings. The maximum Gasteiger partial charge on any atom is 0.0178 e. The summed E-state index contributed by atoms with van der Waals surface area (Å²) in [6.07, 6.45) is 6.70. The van der Waals surface area contributed by atoms with Crippen molar-refractivity contribution in [3.63, 3.8) is 0 Å². The normalized spacial score (nSPS) is 29.1. The molecular weight excluding hydrogens is 262 g/mol. The Morgan fingerprint density at radius 1 is 1.19 bits per heavy atom. The van der Waals surface area contributed by atoms with Gasteiger partial charge in [-0.1, -0.05) is 22.0 Å². The summed E-state index contributed by atoms with van der Waals surface area (Å²) >= 11 is 3.61. The van der Waals surface area contributed by atoms with Crippen LogP contribution in [0.15, 0.2) is 22.7 Å². The molecule has 0 radical (unpaired) electrons. The van der Waals surface area contributed by atoms with Crippen LogP contribution in [0.3, 0.4) is 0 Å². The highest BCUT2D eigenvalue weighted by molar-refractivity contribution is 9.10. The molecule has 86 valence electrons. The Morgan fingerprint density at radius 2 is 2.12 bits per heavy atom. The number of fused-ring (bicyclic) bond motifs is 1. The highest BCUT2D eigenvalue weighted by atomic mass is 79.9. The van der Waals surface area contributed by atoms with Crippen molar-refractivity contribution in [3.05, 3.63) is 33.8 Å². The van der Waals surface area contributed by atoms with Gasteiger partial charge in [0.05, 0.1) is 0 Å². The minimum absolute atomic E-state index is 0.730. The maximum atomic E-state index is 3.67. The zero-order valence-electron chi connectivity index (χ0n) is 9.51. The smallest absolute Gasteiger partial charge is 0.0178 e. The minimum Gasteiger partial charge on any atom is -0.313 e. The highest BCUT2D eigenvalue weighted by Crippen LogP contribution is 2.37. The molecule has 1 saturated heterocycles. The van der Waals surface area contributed by atoms with Crippen LogP contribution in [0.1, 0.15) is 42.7 Å². The zero-order chi connectivity index (χ0) is 11.0. The van der Waals surface area contributed by atoms with E-state index in [0.29, 0.717) is 0 Å². The molecule has 0 aromatic heterocycles. The number of hydrogen-bond acceptors (Lipinski definition) is 1. The first-order chi connectivity index (χ1) is 7.84. The van der Waals surface area contributed by atoms with Crippen molar-refractivity contribution >= 4 is 15.9 Å². The van der Waals surface area contributed by atoms with Gasteiger partial charge >= 0.3 is 0 Å². The molecule has 1 nitrogen and oxygen atoms in total. The lowest BCUT2D eigenvalue weighted by Crippen LogP contribution is -2.31. The van der Waals surface area contributed by atoms with Crippen molar-refractivity contribution in [1.82, 2.24) is 5.32 Å². The van der Waals surface area contributed by atoms with E-state index in [1.165, 1.54) is 43.1 Å². The molecule has 2 heteroatoms. The fourth-order valence-electron chi connectivity index (χ4n) is 3.28. The van der Waals surface area contributed by atoms with Crippen LogP contribution in [0, 0.1) is 0 Å². The summed E-state index contributed by atoms with van der Waals surface area (Å²) in [6, 6.07) is 7.57. The van der Waals surface area contributed by atoms with Crippen molar-refractivity contribution in [3.8, 4) is 0 Å². The Labute approximate surface area is 106 Å². The van der Waals surface area contributed by atoms with Crippen LogP contribution in [0.2, 0.25) is 0 Å². The number of nitrogens with one attached hydrogen (secondary N) is 1. The van der Waals surface area contributed by atoms with Crippen LogP contribution in [-0.4, -0.2) is 12.6 Å². The Bertz CT molecular complexity index is 382. The summed E-state index contributed by atoms with van der Waals surface area (Å²) in [5.74, 6) is 0.753. The van der Waals surface area contributed by atoms with Gasteiger partial charge in [-0.25, -0.2) is 0 Å². The summed E-state index contributed by atoms with van der Waals surface area (Å²) in [4.78, 5) is 0. The van der Waals surface area contributed by atoms with Gasteiger partial charge in [0.2, 0.25) is 0 Å². The number of aryl methyl sites for hydroxylation is 1. The van der Waals surface area contributed by atoms with Crippen molar-refractivity contribution in [1.29, 1.82) is 0 Å². The number of benzene rings is 1. The summed E-state index contributed by atoms with van der Waals surface area (Å²) in [5, 5.41) is 3.67. The largest absolute Gasteiger partial charge is 0.313 e. The lowest BCUT2D eigenvalue weighted by Gasteiger charge is -2.30. The molecule has 1 aromatic carbocycles. The lowest BCUT2D eigenvalue weighted by molar-refractivity contribution is 0.432. The first-order valence-electron chi connectivity index (χ1n) is 6.36. The second kappa shape index (κ2) is 4.50. The van der Waals surface area contributed by atoms with Gasteiger partial charge < -0.3 is 5.32 Å².